The summed E-state index contributed by atoms with van der Waals surface area (Å²) in [6.45, 7) is 13.4. The van der Waals surface area contributed by atoms with Crippen LogP contribution in [0.2, 0.25) is 0 Å². The topological polar surface area (TPSA) is 58.8 Å². The third-order valence-corrected chi connectivity index (χ3v) is 3.15. The molecule has 21 heavy (non-hydrogen) atoms. The summed E-state index contributed by atoms with van der Waals surface area (Å²) in [4.78, 5) is 16.2. The summed E-state index contributed by atoms with van der Waals surface area (Å²) in [5.41, 5.74) is 8.42. The summed E-state index contributed by atoms with van der Waals surface area (Å²) in [5, 5.41) is 0. The Morgan fingerprint density at radius 2 is 1.95 bits per heavy atom. The number of allylic oxidation sites excluding steroid dienone is 3. The Hall–Kier alpha value is -1.75. The zero-order valence-corrected chi connectivity index (χ0v) is 13.4. The molecule has 2 amide bonds. The molecule has 0 unspecified atom stereocenters. The summed E-state index contributed by atoms with van der Waals surface area (Å²) in [6.07, 6.45) is 3.86. The Bertz CT molecular complexity index is 431. The maximum atomic E-state index is 12.5. The van der Waals surface area contributed by atoms with E-state index < -0.39 is 0 Å². The number of amides is 2. The quantitative estimate of drug-likeness (QED) is 0.790. The molecule has 0 aromatic rings. The molecule has 118 valence electrons. The predicted octanol–water partition coefficient (Wildman–Crippen LogP) is 2.13. The molecule has 0 saturated carbocycles. The van der Waals surface area contributed by atoms with Gasteiger partial charge in [0.25, 0.3) is 0 Å². The molecule has 1 fully saturated rings. The van der Waals surface area contributed by atoms with E-state index >= 15 is 0 Å². The molecule has 0 aromatic heterocycles. The SMILES string of the molecule is C=C(C)/C=C(\C=C(\C)N)CN(CC)C(=O)N1CCOCC1. The van der Waals surface area contributed by atoms with Gasteiger partial charge in [0, 0.05) is 31.9 Å². The number of carbonyl (C=O) groups excluding carboxylic acids is 1. The molecule has 0 aliphatic carbocycles. The lowest BCUT2D eigenvalue weighted by Crippen LogP contribution is -2.48. The normalized spacial score (nSPS) is 16.8. The van der Waals surface area contributed by atoms with Crippen LogP contribution in [-0.2, 0) is 4.74 Å². The Labute approximate surface area is 127 Å². The van der Waals surface area contributed by atoms with Crippen LogP contribution in [0.5, 0.6) is 0 Å². The van der Waals surface area contributed by atoms with E-state index in [1.807, 2.05) is 42.7 Å². The zero-order chi connectivity index (χ0) is 15.8. The first-order valence-corrected chi connectivity index (χ1v) is 7.35. The maximum Gasteiger partial charge on any atom is 0.320 e. The summed E-state index contributed by atoms with van der Waals surface area (Å²) in [6, 6.07) is 0.0523. The third kappa shape index (κ3) is 6.04. The molecule has 2 N–H and O–H groups in total. The van der Waals surface area contributed by atoms with Gasteiger partial charge in [-0.1, -0.05) is 18.2 Å². The maximum absolute atomic E-state index is 12.5. The van der Waals surface area contributed by atoms with Gasteiger partial charge in [-0.15, -0.1) is 0 Å². The van der Waals surface area contributed by atoms with Gasteiger partial charge in [-0.25, -0.2) is 4.79 Å². The highest BCUT2D eigenvalue weighted by Crippen LogP contribution is 2.10. The molecule has 0 bridgehead atoms. The van der Waals surface area contributed by atoms with Crippen LogP contribution >= 0.6 is 0 Å². The minimum absolute atomic E-state index is 0.0523. The first-order chi connectivity index (χ1) is 9.93. The number of ether oxygens (including phenoxy) is 1. The van der Waals surface area contributed by atoms with E-state index in [0.717, 1.165) is 16.8 Å². The van der Waals surface area contributed by atoms with Crippen molar-refractivity contribution in [1.82, 2.24) is 9.80 Å². The van der Waals surface area contributed by atoms with Crippen molar-refractivity contribution in [3.05, 3.63) is 35.6 Å². The van der Waals surface area contributed by atoms with Gasteiger partial charge in [0.05, 0.1) is 13.2 Å². The van der Waals surface area contributed by atoms with Crippen LogP contribution in [0.1, 0.15) is 20.8 Å². The van der Waals surface area contributed by atoms with Crippen molar-refractivity contribution in [3.63, 3.8) is 0 Å². The van der Waals surface area contributed by atoms with Crippen molar-refractivity contribution in [3.8, 4) is 0 Å². The van der Waals surface area contributed by atoms with Crippen LogP contribution in [0, 0.1) is 0 Å². The Kier molecular flexibility index (Phi) is 7.02. The van der Waals surface area contributed by atoms with E-state index in [4.69, 9.17) is 10.5 Å². The second-order valence-corrected chi connectivity index (χ2v) is 5.35. The fourth-order valence-electron chi connectivity index (χ4n) is 2.23. The van der Waals surface area contributed by atoms with E-state index in [1.165, 1.54) is 0 Å². The van der Waals surface area contributed by atoms with Crippen molar-refractivity contribution in [1.29, 1.82) is 0 Å². The lowest BCUT2D eigenvalue weighted by molar-refractivity contribution is 0.0445. The van der Waals surface area contributed by atoms with Gasteiger partial charge in [0.1, 0.15) is 0 Å². The number of nitrogens with two attached hydrogens (primary N) is 1. The van der Waals surface area contributed by atoms with Gasteiger partial charge >= 0.3 is 6.03 Å². The highest BCUT2D eigenvalue weighted by molar-refractivity contribution is 5.75. The summed E-state index contributed by atoms with van der Waals surface area (Å²) >= 11 is 0. The fraction of sp³-hybridized carbons (Fsp3) is 0.562. The highest BCUT2D eigenvalue weighted by atomic mass is 16.5. The van der Waals surface area contributed by atoms with Crippen molar-refractivity contribution < 1.29 is 9.53 Å². The number of hydrogen-bond acceptors (Lipinski definition) is 3. The number of likely N-dealkylation sites (N-methyl/N-ethyl adjacent to an activating group) is 1. The Morgan fingerprint density at radius 3 is 2.43 bits per heavy atom. The van der Waals surface area contributed by atoms with E-state index in [2.05, 4.69) is 6.58 Å². The third-order valence-electron chi connectivity index (χ3n) is 3.15. The van der Waals surface area contributed by atoms with E-state index in [9.17, 15) is 4.79 Å². The molecule has 1 aliphatic heterocycles. The number of carbonyl (C=O) groups is 1. The second-order valence-electron chi connectivity index (χ2n) is 5.35. The summed E-state index contributed by atoms with van der Waals surface area (Å²) in [7, 11) is 0. The van der Waals surface area contributed by atoms with Crippen LogP contribution in [0.4, 0.5) is 4.79 Å². The largest absolute Gasteiger partial charge is 0.402 e. The number of urea groups is 1. The van der Waals surface area contributed by atoms with Gasteiger partial charge < -0.3 is 20.3 Å². The minimum atomic E-state index is 0.0523. The standard InChI is InChI=1S/C16H27N3O2/c1-5-18(16(20)19-6-8-21-9-7-19)12-15(10-13(2)3)11-14(4)17/h10-11H,2,5-9,12,17H2,1,3-4H3/b14-11-,15-10+. The van der Waals surface area contributed by atoms with E-state index in [1.54, 1.807) is 0 Å². The van der Waals surface area contributed by atoms with Gasteiger partial charge in [0.2, 0.25) is 0 Å². The first kappa shape index (κ1) is 17.3. The van der Waals surface area contributed by atoms with Crippen molar-refractivity contribution >= 4 is 6.03 Å². The molecular weight excluding hydrogens is 266 g/mol. The average Bonchev–Trinajstić information content (AvgIpc) is 2.43. The average molecular weight is 293 g/mol. The molecule has 0 radical (unpaired) electrons. The second kappa shape index (κ2) is 8.52. The lowest BCUT2D eigenvalue weighted by atomic mass is 10.1. The van der Waals surface area contributed by atoms with Crippen molar-refractivity contribution in [2.75, 3.05) is 39.4 Å². The van der Waals surface area contributed by atoms with E-state index in [-0.39, 0.29) is 6.03 Å². The molecule has 1 saturated heterocycles. The van der Waals surface area contributed by atoms with Crippen LogP contribution in [-0.4, -0.2) is 55.2 Å². The van der Waals surface area contributed by atoms with Crippen LogP contribution < -0.4 is 5.73 Å². The molecule has 1 heterocycles. The summed E-state index contributed by atoms with van der Waals surface area (Å²) < 4.78 is 5.29. The molecule has 0 atom stereocenters. The zero-order valence-electron chi connectivity index (χ0n) is 13.4. The molecule has 5 nitrogen and oxygen atoms in total. The highest BCUT2D eigenvalue weighted by Gasteiger charge is 2.22. The van der Waals surface area contributed by atoms with Crippen molar-refractivity contribution in [2.45, 2.75) is 20.8 Å². The van der Waals surface area contributed by atoms with Gasteiger partial charge in [-0.3, -0.25) is 0 Å². The number of morpholine rings is 1. The van der Waals surface area contributed by atoms with Crippen LogP contribution in [0.15, 0.2) is 35.6 Å². The molecule has 1 rings (SSSR count). The van der Waals surface area contributed by atoms with Crippen LogP contribution in [0.3, 0.4) is 0 Å². The molecule has 1 aliphatic rings. The number of nitrogens with zero attached hydrogens (tertiary/aromatic N) is 2. The van der Waals surface area contributed by atoms with Crippen LogP contribution in [0.25, 0.3) is 0 Å². The Balaban J connectivity index is 2.80. The molecular formula is C16H27N3O2. The first-order valence-electron chi connectivity index (χ1n) is 7.35. The summed E-state index contributed by atoms with van der Waals surface area (Å²) in [5.74, 6) is 0. The number of hydrogen-bond donors (Lipinski definition) is 1. The predicted molar refractivity (Wildman–Crippen MR) is 85.9 cm³/mol. The monoisotopic (exact) mass is 293 g/mol. The Morgan fingerprint density at radius 1 is 1.33 bits per heavy atom. The number of rotatable bonds is 5. The molecule has 0 aromatic carbocycles. The fourth-order valence-corrected chi connectivity index (χ4v) is 2.23. The lowest BCUT2D eigenvalue weighted by Gasteiger charge is -2.32. The molecule has 5 heteroatoms. The van der Waals surface area contributed by atoms with E-state index in [0.29, 0.717) is 39.4 Å². The van der Waals surface area contributed by atoms with Gasteiger partial charge in [0.15, 0.2) is 0 Å². The van der Waals surface area contributed by atoms with Gasteiger partial charge in [-0.2, -0.15) is 0 Å². The minimum Gasteiger partial charge on any atom is -0.402 e. The smallest absolute Gasteiger partial charge is 0.320 e. The van der Waals surface area contributed by atoms with Crippen molar-refractivity contribution in [2.24, 2.45) is 5.73 Å². The molecule has 0 spiro atoms. The van der Waals surface area contributed by atoms with Gasteiger partial charge in [-0.05, 0) is 32.4 Å².